The Morgan fingerprint density at radius 2 is 1.68 bits per heavy atom. The molecule has 5 nitrogen and oxygen atoms in total. The maximum Gasteiger partial charge on any atom is 0.244 e. The monoisotopic (exact) mass is 402 g/mol. The van der Waals surface area contributed by atoms with E-state index in [1.54, 1.807) is 19.1 Å². The average Bonchev–Trinajstić information content (AvgIpc) is 2.63. The minimum atomic E-state index is -3.62. The first-order valence-electron chi connectivity index (χ1n) is 9.50. The van der Waals surface area contributed by atoms with Gasteiger partial charge in [0.05, 0.1) is 18.0 Å². The molecule has 0 aliphatic rings. The zero-order valence-electron chi connectivity index (χ0n) is 17.5. The molecule has 2 rings (SSSR count). The van der Waals surface area contributed by atoms with Gasteiger partial charge in [0.25, 0.3) is 0 Å². The number of carbonyl (C=O) groups is 1. The summed E-state index contributed by atoms with van der Waals surface area (Å²) in [5.41, 5.74) is 4.82. The molecular formula is C22H30N2O3S. The molecule has 28 heavy (non-hydrogen) atoms. The van der Waals surface area contributed by atoms with Gasteiger partial charge in [-0.3, -0.25) is 9.10 Å². The quantitative estimate of drug-likeness (QED) is 0.764. The van der Waals surface area contributed by atoms with Crippen molar-refractivity contribution in [2.75, 3.05) is 10.6 Å². The summed E-state index contributed by atoms with van der Waals surface area (Å²) in [5, 5.41) is 2.96. The Hall–Kier alpha value is -2.34. The molecule has 0 radical (unpaired) electrons. The molecule has 2 unspecified atom stereocenters. The number of carbonyl (C=O) groups excluding carboxylic acids is 1. The van der Waals surface area contributed by atoms with Crippen LogP contribution in [-0.2, 0) is 21.2 Å². The Bertz CT molecular complexity index is 937. The molecule has 0 spiro atoms. The van der Waals surface area contributed by atoms with Crippen LogP contribution in [0.5, 0.6) is 0 Å². The van der Waals surface area contributed by atoms with Crippen molar-refractivity contribution in [1.29, 1.82) is 0 Å². The van der Waals surface area contributed by atoms with Gasteiger partial charge in [-0.05, 0) is 62.9 Å². The zero-order chi connectivity index (χ0) is 21.1. The lowest BCUT2D eigenvalue weighted by Crippen LogP contribution is -2.48. The van der Waals surface area contributed by atoms with Crippen molar-refractivity contribution in [1.82, 2.24) is 5.32 Å². The van der Waals surface area contributed by atoms with Crippen LogP contribution in [0, 0.1) is 13.8 Å². The molecule has 0 heterocycles. The fourth-order valence-corrected chi connectivity index (χ4v) is 4.50. The molecule has 0 bridgehead atoms. The largest absolute Gasteiger partial charge is 0.348 e. The van der Waals surface area contributed by atoms with Crippen molar-refractivity contribution in [3.05, 3.63) is 64.7 Å². The van der Waals surface area contributed by atoms with Gasteiger partial charge in [0, 0.05) is 0 Å². The predicted molar refractivity (Wildman–Crippen MR) is 115 cm³/mol. The summed E-state index contributed by atoms with van der Waals surface area (Å²) in [5.74, 6) is -0.335. The van der Waals surface area contributed by atoms with E-state index in [2.05, 4.69) is 5.32 Å². The van der Waals surface area contributed by atoms with E-state index in [1.807, 2.05) is 58.0 Å². The van der Waals surface area contributed by atoms with Gasteiger partial charge in [-0.15, -0.1) is 0 Å². The van der Waals surface area contributed by atoms with Crippen LogP contribution in [0.2, 0.25) is 0 Å². The van der Waals surface area contributed by atoms with Crippen molar-refractivity contribution in [2.45, 2.75) is 53.1 Å². The molecule has 0 aliphatic heterocycles. The lowest BCUT2D eigenvalue weighted by Gasteiger charge is -2.29. The van der Waals surface area contributed by atoms with Crippen molar-refractivity contribution >= 4 is 21.6 Å². The summed E-state index contributed by atoms with van der Waals surface area (Å²) in [6.45, 7) is 9.56. The molecule has 152 valence electrons. The predicted octanol–water partition coefficient (Wildman–Crippen LogP) is 3.90. The number of anilines is 1. The molecule has 0 aliphatic carbocycles. The number of nitrogens with zero attached hydrogens (tertiary/aromatic N) is 1. The summed E-state index contributed by atoms with van der Waals surface area (Å²) in [7, 11) is -3.62. The van der Waals surface area contributed by atoms with Gasteiger partial charge in [0.1, 0.15) is 6.04 Å². The minimum Gasteiger partial charge on any atom is -0.348 e. The average molecular weight is 403 g/mol. The van der Waals surface area contributed by atoms with Crippen LogP contribution in [0.15, 0.2) is 42.5 Å². The van der Waals surface area contributed by atoms with E-state index in [9.17, 15) is 13.2 Å². The number of hydrogen-bond donors (Lipinski definition) is 1. The summed E-state index contributed by atoms with van der Waals surface area (Å²) in [4.78, 5) is 12.9. The highest BCUT2D eigenvalue weighted by Crippen LogP contribution is 2.23. The van der Waals surface area contributed by atoms with Gasteiger partial charge < -0.3 is 5.32 Å². The van der Waals surface area contributed by atoms with Crippen LogP contribution < -0.4 is 9.62 Å². The third kappa shape index (κ3) is 5.13. The summed E-state index contributed by atoms with van der Waals surface area (Å²) in [6.07, 6.45) is 1.99. The van der Waals surface area contributed by atoms with E-state index < -0.39 is 16.1 Å². The number of aryl methyl sites for hydroxylation is 3. The summed E-state index contributed by atoms with van der Waals surface area (Å²) in [6, 6.07) is 12.3. The van der Waals surface area contributed by atoms with Crippen molar-refractivity contribution in [2.24, 2.45) is 0 Å². The van der Waals surface area contributed by atoms with Crippen LogP contribution in [-0.4, -0.2) is 26.6 Å². The topological polar surface area (TPSA) is 66.5 Å². The van der Waals surface area contributed by atoms with Gasteiger partial charge in [0.2, 0.25) is 15.9 Å². The maximum atomic E-state index is 12.9. The SMILES string of the molecule is CCc1ccc(N(C(C)C(=O)NC(C)c2cc(C)ccc2C)S(C)(=O)=O)cc1. The summed E-state index contributed by atoms with van der Waals surface area (Å²) < 4.78 is 26.0. The van der Waals surface area contributed by atoms with Crippen LogP contribution in [0.1, 0.15) is 49.1 Å². The van der Waals surface area contributed by atoms with Gasteiger partial charge >= 0.3 is 0 Å². The van der Waals surface area contributed by atoms with E-state index in [-0.39, 0.29) is 11.9 Å². The molecule has 0 saturated carbocycles. The second-order valence-electron chi connectivity index (χ2n) is 7.35. The Balaban J connectivity index is 2.27. The molecule has 6 heteroatoms. The Morgan fingerprint density at radius 1 is 1.07 bits per heavy atom. The highest BCUT2D eigenvalue weighted by atomic mass is 32.2. The smallest absolute Gasteiger partial charge is 0.244 e. The van der Waals surface area contributed by atoms with Gasteiger partial charge in [0.15, 0.2) is 0 Å². The van der Waals surface area contributed by atoms with E-state index >= 15 is 0 Å². The molecule has 2 aromatic rings. The minimum absolute atomic E-state index is 0.223. The third-order valence-electron chi connectivity index (χ3n) is 4.95. The van der Waals surface area contributed by atoms with E-state index in [0.29, 0.717) is 5.69 Å². The molecule has 0 saturated heterocycles. The van der Waals surface area contributed by atoms with Crippen LogP contribution in [0.4, 0.5) is 5.69 Å². The fraction of sp³-hybridized carbons (Fsp3) is 0.409. The zero-order valence-corrected chi connectivity index (χ0v) is 18.3. The maximum absolute atomic E-state index is 12.9. The highest BCUT2D eigenvalue weighted by molar-refractivity contribution is 7.92. The number of hydrogen-bond acceptors (Lipinski definition) is 3. The number of rotatable bonds is 7. The Labute approximate surface area is 168 Å². The van der Waals surface area contributed by atoms with Gasteiger partial charge in [-0.2, -0.15) is 0 Å². The molecule has 2 atom stereocenters. The first-order valence-corrected chi connectivity index (χ1v) is 11.3. The van der Waals surface area contributed by atoms with E-state index in [1.165, 1.54) is 4.31 Å². The van der Waals surface area contributed by atoms with Crippen LogP contribution in [0.25, 0.3) is 0 Å². The standard InChI is InChI=1S/C22H30N2O3S/c1-7-19-10-12-20(13-11-19)24(28(6,26)27)18(5)22(25)23-17(4)21-14-15(2)8-9-16(21)3/h8-14,17-18H,7H2,1-6H3,(H,23,25). The second kappa shape index (κ2) is 8.78. The number of amides is 1. The normalized spacial score (nSPS) is 13.6. The number of nitrogens with one attached hydrogen (secondary N) is 1. The second-order valence-corrected chi connectivity index (χ2v) is 9.20. The number of sulfonamides is 1. The van der Waals surface area contributed by atoms with Crippen LogP contribution in [0.3, 0.4) is 0 Å². The first-order chi connectivity index (χ1) is 13.0. The van der Waals surface area contributed by atoms with Crippen molar-refractivity contribution in [3.8, 4) is 0 Å². The molecule has 1 amide bonds. The molecule has 2 aromatic carbocycles. The Kier molecular flexibility index (Phi) is 6.88. The first kappa shape index (κ1) is 22.0. The van der Waals surface area contributed by atoms with E-state index in [4.69, 9.17) is 0 Å². The number of benzene rings is 2. The van der Waals surface area contributed by atoms with Gasteiger partial charge in [-0.1, -0.05) is 42.8 Å². The molecule has 1 N–H and O–H groups in total. The highest BCUT2D eigenvalue weighted by Gasteiger charge is 2.30. The van der Waals surface area contributed by atoms with Crippen molar-refractivity contribution < 1.29 is 13.2 Å². The summed E-state index contributed by atoms with van der Waals surface area (Å²) >= 11 is 0. The third-order valence-corrected chi connectivity index (χ3v) is 6.19. The van der Waals surface area contributed by atoms with Crippen molar-refractivity contribution in [3.63, 3.8) is 0 Å². The lowest BCUT2D eigenvalue weighted by molar-refractivity contribution is -0.122. The molecular weight excluding hydrogens is 372 g/mol. The van der Waals surface area contributed by atoms with Gasteiger partial charge in [-0.25, -0.2) is 8.42 Å². The van der Waals surface area contributed by atoms with Crippen LogP contribution >= 0.6 is 0 Å². The molecule has 0 aromatic heterocycles. The van der Waals surface area contributed by atoms with E-state index in [0.717, 1.165) is 34.9 Å². The fourth-order valence-electron chi connectivity index (χ4n) is 3.33. The molecule has 0 fully saturated rings. The Morgan fingerprint density at radius 3 is 2.21 bits per heavy atom. The lowest BCUT2D eigenvalue weighted by atomic mass is 10.00.